The van der Waals surface area contributed by atoms with Crippen molar-refractivity contribution in [1.82, 2.24) is 10.9 Å². The first-order valence-electron chi connectivity index (χ1n) is 6.95. The number of amides is 2. The van der Waals surface area contributed by atoms with Crippen molar-refractivity contribution in [2.45, 2.75) is 39.5 Å². The van der Waals surface area contributed by atoms with Crippen LogP contribution in [0.5, 0.6) is 0 Å². The number of carbonyl (C=O) groups excluding carboxylic acids is 2. The average molecular weight is 274 g/mol. The predicted octanol–water partition coefficient (Wildman–Crippen LogP) is 2.74. The summed E-state index contributed by atoms with van der Waals surface area (Å²) in [5.41, 5.74) is 6.88. The third-order valence-corrected chi connectivity index (χ3v) is 2.84. The molecule has 20 heavy (non-hydrogen) atoms. The summed E-state index contributed by atoms with van der Waals surface area (Å²) in [5.74, 6) is -0.495. The Hall–Kier alpha value is -2.10. The Balaban J connectivity index is 2.29. The third-order valence-electron chi connectivity index (χ3n) is 2.84. The van der Waals surface area contributed by atoms with Gasteiger partial charge < -0.3 is 0 Å². The van der Waals surface area contributed by atoms with Gasteiger partial charge in [-0.3, -0.25) is 20.4 Å². The molecule has 0 saturated carbocycles. The Morgan fingerprint density at radius 1 is 1.10 bits per heavy atom. The van der Waals surface area contributed by atoms with Gasteiger partial charge in [-0.1, -0.05) is 49.6 Å². The minimum Gasteiger partial charge on any atom is -0.273 e. The average Bonchev–Trinajstić information content (AvgIpc) is 2.45. The highest BCUT2D eigenvalue weighted by Gasteiger charge is 2.01. The Morgan fingerprint density at radius 3 is 2.45 bits per heavy atom. The van der Waals surface area contributed by atoms with E-state index in [1.54, 1.807) is 6.08 Å². The lowest BCUT2D eigenvalue weighted by Gasteiger charge is -2.04. The van der Waals surface area contributed by atoms with Crippen LogP contribution in [-0.2, 0) is 9.59 Å². The Labute approximate surface area is 120 Å². The van der Waals surface area contributed by atoms with Gasteiger partial charge in [0.15, 0.2) is 0 Å². The van der Waals surface area contributed by atoms with Crippen LogP contribution >= 0.6 is 0 Å². The summed E-state index contributed by atoms with van der Waals surface area (Å²) in [6, 6.07) is 7.82. The number of hydrogen-bond acceptors (Lipinski definition) is 2. The minimum absolute atomic E-state index is 0.157. The van der Waals surface area contributed by atoms with E-state index in [0.717, 1.165) is 24.8 Å². The molecule has 4 nitrogen and oxygen atoms in total. The first-order valence-corrected chi connectivity index (χ1v) is 6.95. The van der Waals surface area contributed by atoms with E-state index in [9.17, 15) is 9.59 Å². The maximum Gasteiger partial charge on any atom is 0.262 e. The molecule has 0 spiro atoms. The molecule has 4 heteroatoms. The quantitative estimate of drug-likeness (QED) is 0.476. The van der Waals surface area contributed by atoms with Gasteiger partial charge in [-0.15, -0.1) is 0 Å². The lowest BCUT2D eigenvalue weighted by atomic mass is 10.1. The van der Waals surface area contributed by atoms with Gasteiger partial charge in [-0.25, -0.2) is 0 Å². The maximum atomic E-state index is 11.5. The Bertz CT molecular complexity index is 464. The number of benzene rings is 1. The fraction of sp³-hybridized carbons (Fsp3) is 0.375. The topological polar surface area (TPSA) is 58.2 Å². The van der Waals surface area contributed by atoms with E-state index in [4.69, 9.17) is 0 Å². The largest absolute Gasteiger partial charge is 0.273 e. The third kappa shape index (κ3) is 6.73. The smallest absolute Gasteiger partial charge is 0.262 e. The van der Waals surface area contributed by atoms with Crippen molar-refractivity contribution in [1.29, 1.82) is 0 Å². The summed E-state index contributed by atoms with van der Waals surface area (Å²) in [6.07, 6.45) is 6.48. The van der Waals surface area contributed by atoms with Crippen LogP contribution in [0.25, 0.3) is 6.08 Å². The number of unbranched alkanes of at least 4 members (excludes halogenated alkanes) is 2. The zero-order valence-electron chi connectivity index (χ0n) is 12.1. The van der Waals surface area contributed by atoms with Crippen molar-refractivity contribution in [3.8, 4) is 0 Å². The molecule has 1 aromatic rings. The number of nitrogens with one attached hydrogen (secondary N) is 2. The number of hydrazine groups is 1. The normalized spacial score (nSPS) is 10.5. The molecule has 108 valence electrons. The van der Waals surface area contributed by atoms with Crippen molar-refractivity contribution in [3.05, 3.63) is 41.5 Å². The highest BCUT2D eigenvalue weighted by Crippen LogP contribution is 2.04. The van der Waals surface area contributed by atoms with E-state index in [-0.39, 0.29) is 11.8 Å². The molecule has 0 atom stereocenters. The van der Waals surface area contributed by atoms with Crippen LogP contribution < -0.4 is 10.9 Å². The van der Waals surface area contributed by atoms with Crippen LogP contribution in [0.1, 0.15) is 43.7 Å². The van der Waals surface area contributed by atoms with Gasteiger partial charge in [-0.2, -0.15) is 0 Å². The van der Waals surface area contributed by atoms with Crippen molar-refractivity contribution in [2.24, 2.45) is 0 Å². The van der Waals surface area contributed by atoms with Crippen LogP contribution in [-0.4, -0.2) is 11.8 Å². The zero-order chi connectivity index (χ0) is 14.8. The molecule has 1 aromatic carbocycles. The molecule has 0 radical (unpaired) electrons. The SMILES string of the molecule is CCCCCC(=O)NNC(=O)/C=C/c1ccc(C)cc1. The summed E-state index contributed by atoms with van der Waals surface area (Å²) in [5, 5.41) is 0. The molecule has 0 heterocycles. The van der Waals surface area contributed by atoms with Crippen LogP contribution in [0.3, 0.4) is 0 Å². The molecule has 0 aliphatic carbocycles. The fourth-order valence-corrected chi connectivity index (χ4v) is 1.62. The molecule has 0 bridgehead atoms. The van der Waals surface area contributed by atoms with Gasteiger partial charge in [0, 0.05) is 12.5 Å². The van der Waals surface area contributed by atoms with E-state index in [0.29, 0.717) is 6.42 Å². The van der Waals surface area contributed by atoms with Crippen molar-refractivity contribution in [2.75, 3.05) is 0 Å². The second-order valence-corrected chi connectivity index (χ2v) is 4.74. The van der Waals surface area contributed by atoms with Gasteiger partial charge in [-0.05, 0) is 25.0 Å². The van der Waals surface area contributed by atoms with Gasteiger partial charge >= 0.3 is 0 Å². The highest BCUT2D eigenvalue weighted by atomic mass is 16.2. The first-order chi connectivity index (χ1) is 9.61. The molecular weight excluding hydrogens is 252 g/mol. The van der Waals surface area contributed by atoms with Gasteiger partial charge in [0.1, 0.15) is 0 Å². The predicted molar refractivity (Wildman–Crippen MR) is 80.6 cm³/mol. The molecule has 0 aliphatic rings. The van der Waals surface area contributed by atoms with Gasteiger partial charge in [0.05, 0.1) is 0 Å². The van der Waals surface area contributed by atoms with Crippen molar-refractivity contribution < 1.29 is 9.59 Å². The molecule has 2 N–H and O–H groups in total. The lowest BCUT2D eigenvalue weighted by molar-refractivity contribution is -0.126. The molecule has 0 aliphatic heterocycles. The molecule has 2 amide bonds. The first kappa shape index (κ1) is 16.0. The number of rotatable bonds is 6. The van der Waals surface area contributed by atoms with E-state index in [1.165, 1.54) is 11.6 Å². The zero-order valence-corrected chi connectivity index (χ0v) is 12.1. The summed E-state index contributed by atoms with van der Waals surface area (Å²) in [4.78, 5) is 22.9. The summed E-state index contributed by atoms with van der Waals surface area (Å²) < 4.78 is 0. The molecular formula is C16H22N2O2. The van der Waals surface area contributed by atoms with Gasteiger partial charge in [0.2, 0.25) is 5.91 Å². The maximum absolute atomic E-state index is 11.5. The minimum atomic E-state index is -0.339. The van der Waals surface area contributed by atoms with Crippen LogP contribution in [0.15, 0.2) is 30.3 Å². The number of aryl methyl sites for hydroxylation is 1. The highest BCUT2D eigenvalue weighted by molar-refractivity contribution is 5.93. The summed E-state index contributed by atoms with van der Waals surface area (Å²) in [7, 11) is 0. The van der Waals surface area contributed by atoms with Gasteiger partial charge in [0.25, 0.3) is 5.91 Å². The molecule has 0 unspecified atom stereocenters. The fourth-order valence-electron chi connectivity index (χ4n) is 1.62. The summed E-state index contributed by atoms with van der Waals surface area (Å²) in [6.45, 7) is 4.09. The molecule has 0 aromatic heterocycles. The lowest BCUT2D eigenvalue weighted by Crippen LogP contribution is -2.40. The number of hydrogen-bond donors (Lipinski definition) is 2. The van der Waals surface area contributed by atoms with E-state index < -0.39 is 0 Å². The van der Waals surface area contributed by atoms with Crippen LogP contribution in [0.4, 0.5) is 0 Å². The Kier molecular flexibility index (Phi) is 7.11. The van der Waals surface area contributed by atoms with Crippen molar-refractivity contribution in [3.63, 3.8) is 0 Å². The summed E-state index contributed by atoms with van der Waals surface area (Å²) >= 11 is 0. The second kappa shape index (κ2) is 8.91. The standard InChI is InChI=1S/C16H22N2O2/c1-3-4-5-6-15(19)17-18-16(20)12-11-14-9-7-13(2)8-10-14/h7-12H,3-6H2,1-2H3,(H,17,19)(H,18,20)/b12-11+. The molecule has 1 rings (SSSR count). The van der Waals surface area contributed by atoms with Crippen molar-refractivity contribution >= 4 is 17.9 Å². The second-order valence-electron chi connectivity index (χ2n) is 4.74. The molecule has 0 saturated heterocycles. The number of carbonyl (C=O) groups is 2. The Morgan fingerprint density at radius 2 is 1.80 bits per heavy atom. The van der Waals surface area contributed by atoms with E-state index >= 15 is 0 Å². The van der Waals surface area contributed by atoms with E-state index in [1.807, 2.05) is 31.2 Å². The van der Waals surface area contributed by atoms with Crippen LogP contribution in [0, 0.1) is 6.92 Å². The van der Waals surface area contributed by atoms with Crippen LogP contribution in [0.2, 0.25) is 0 Å². The monoisotopic (exact) mass is 274 g/mol. The molecule has 0 fully saturated rings. The van der Waals surface area contributed by atoms with E-state index in [2.05, 4.69) is 17.8 Å².